The lowest BCUT2D eigenvalue weighted by Gasteiger charge is -2.00. The molecule has 0 radical (unpaired) electrons. The second-order valence-corrected chi connectivity index (χ2v) is 6.11. The minimum Gasteiger partial charge on any atom is -0.250 e. The zero-order chi connectivity index (χ0) is 16.2. The number of aromatic amines is 1. The summed E-state index contributed by atoms with van der Waals surface area (Å²) < 4.78 is 3.65. The maximum Gasteiger partial charge on any atom is 0.216 e. The molecule has 0 amide bonds. The van der Waals surface area contributed by atoms with Crippen LogP contribution in [0, 0.1) is 11.7 Å². The SMILES string of the molecule is Cc1ccc(/C=N/n2c(CSc3nnnn3C)n[nH]c2=S)cc1. The molecule has 3 aromatic rings. The van der Waals surface area contributed by atoms with Gasteiger partial charge in [0, 0.05) is 7.05 Å². The summed E-state index contributed by atoms with van der Waals surface area (Å²) in [6.07, 6.45) is 1.75. The molecule has 8 nitrogen and oxygen atoms in total. The molecule has 0 saturated carbocycles. The van der Waals surface area contributed by atoms with E-state index in [1.807, 2.05) is 31.2 Å². The zero-order valence-corrected chi connectivity index (χ0v) is 14.2. The number of nitrogens with one attached hydrogen (secondary N) is 1. The normalized spacial score (nSPS) is 11.4. The minimum absolute atomic E-state index is 0.444. The number of tetrazole rings is 1. The Morgan fingerprint density at radius 2 is 2.13 bits per heavy atom. The largest absolute Gasteiger partial charge is 0.250 e. The van der Waals surface area contributed by atoms with Crippen molar-refractivity contribution in [1.29, 1.82) is 0 Å². The van der Waals surface area contributed by atoms with Crippen molar-refractivity contribution in [2.45, 2.75) is 17.8 Å². The Morgan fingerprint density at radius 3 is 2.83 bits per heavy atom. The Labute approximate surface area is 141 Å². The summed E-state index contributed by atoms with van der Waals surface area (Å²) >= 11 is 6.69. The van der Waals surface area contributed by atoms with Crippen molar-refractivity contribution in [2.75, 3.05) is 0 Å². The highest BCUT2D eigenvalue weighted by atomic mass is 32.2. The fourth-order valence-electron chi connectivity index (χ4n) is 1.79. The van der Waals surface area contributed by atoms with E-state index in [9.17, 15) is 0 Å². The van der Waals surface area contributed by atoms with E-state index in [0.29, 0.717) is 21.5 Å². The molecule has 0 aliphatic rings. The summed E-state index contributed by atoms with van der Waals surface area (Å²) in [6.45, 7) is 2.05. The summed E-state index contributed by atoms with van der Waals surface area (Å²) in [4.78, 5) is 0. The lowest BCUT2D eigenvalue weighted by atomic mass is 10.2. The summed E-state index contributed by atoms with van der Waals surface area (Å²) in [5.74, 6) is 1.25. The molecule has 0 aliphatic carbocycles. The molecule has 0 aliphatic heterocycles. The van der Waals surface area contributed by atoms with Gasteiger partial charge in [0.05, 0.1) is 12.0 Å². The molecule has 3 rings (SSSR count). The molecule has 2 aromatic heterocycles. The van der Waals surface area contributed by atoms with Crippen LogP contribution in [-0.4, -0.2) is 41.3 Å². The number of aryl methyl sites for hydroxylation is 2. The fourth-order valence-corrected chi connectivity index (χ4v) is 2.75. The van der Waals surface area contributed by atoms with Crippen molar-refractivity contribution >= 4 is 30.2 Å². The van der Waals surface area contributed by atoms with Gasteiger partial charge in [0.25, 0.3) is 0 Å². The Hall–Kier alpha value is -2.33. The van der Waals surface area contributed by atoms with Gasteiger partial charge in [-0.05, 0) is 35.1 Å². The fraction of sp³-hybridized carbons (Fsp3) is 0.231. The van der Waals surface area contributed by atoms with Crippen LogP contribution in [0.4, 0.5) is 0 Å². The van der Waals surface area contributed by atoms with Crippen molar-refractivity contribution in [3.05, 3.63) is 46.0 Å². The van der Waals surface area contributed by atoms with Crippen molar-refractivity contribution in [2.24, 2.45) is 12.1 Å². The van der Waals surface area contributed by atoms with Crippen molar-refractivity contribution in [3.63, 3.8) is 0 Å². The number of hydrogen-bond acceptors (Lipinski definition) is 7. The molecule has 0 spiro atoms. The third-order valence-electron chi connectivity index (χ3n) is 3.03. The first-order chi connectivity index (χ1) is 11.1. The molecular formula is C13H14N8S2. The van der Waals surface area contributed by atoms with Crippen LogP contribution in [0.3, 0.4) is 0 Å². The van der Waals surface area contributed by atoms with E-state index >= 15 is 0 Å². The first-order valence-corrected chi connectivity index (χ1v) is 8.15. The average Bonchev–Trinajstić information content (AvgIpc) is 3.11. The van der Waals surface area contributed by atoms with Crippen molar-refractivity contribution in [1.82, 2.24) is 35.1 Å². The summed E-state index contributed by atoms with van der Waals surface area (Å²) in [5, 5.41) is 23.4. The van der Waals surface area contributed by atoms with Gasteiger partial charge in [-0.25, -0.2) is 4.68 Å². The van der Waals surface area contributed by atoms with Crippen LogP contribution in [0.25, 0.3) is 0 Å². The molecule has 2 heterocycles. The Morgan fingerprint density at radius 1 is 1.35 bits per heavy atom. The quantitative estimate of drug-likeness (QED) is 0.431. The van der Waals surface area contributed by atoms with E-state index in [2.05, 4.69) is 30.8 Å². The molecule has 0 unspecified atom stereocenters. The first-order valence-electron chi connectivity index (χ1n) is 6.76. The molecule has 23 heavy (non-hydrogen) atoms. The van der Waals surface area contributed by atoms with E-state index in [0.717, 1.165) is 5.56 Å². The summed E-state index contributed by atoms with van der Waals surface area (Å²) in [5.41, 5.74) is 2.20. The van der Waals surface area contributed by atoms with Gasteiger partial charge in [-0.15, -0.1) is 5.10 Å². The van der Waals surface area contributed by atoms with Gasteiger partial charge in [-0.1, -0.05) is 41.6 Å². The van der Waals surface area contributed by atoms with E-state index in [1.165, 1.54) is 17.3 Å². The highest BCUT2D eigenvalue weighted by Crippen LogP contribution is 2.18. The maximum atomic E-state index is 5.23. The number of hydrogen-bond donors (Lipinski definition) is 1. The van der Waals surface area contributed by atoms with Crippen LogP contribution >= 0.6 is 24.0 Å². The third kappa shape index (κ3) is 3.71. The van der Waals surface area contributed by atoms with E-state index in [1.54, 1.807) is 22.6 Å². The Balaban J connectivity index is 1.77. The maximum absolute atomic E-state index is 5.23. The average molecular weight is 346 g/mol. The van der Waals surface area contributed by atoms with E-state index in [4.69, 9.17) is 12.2 Å². The van der Waals surface area contributed by atoms with Gasteiger partial charge in [0.2, 0.25) is 9.93 Å². The standard InChI is InChI=1S/C13H14N8S2/c1-9-3-5-10(6-4-9)7-14-21-11(15-16-12(21)22)8-23-13-17-18-19-20(13)2/h3-7H,8H2,1-2H3,(H,16,22)/b14-7+. The molecule has 10 heteroatoms. The van der Waals surface area contributed by atoms with Gasteiger partial charge in [-0.2, -0.15) is 14.9 Å². The Bertz CT molecular complexity index is 874. The monoisotopic (exact) mass is 346 g/mol. The van der Waals surface area contributed by atoms with Gasteiger partial charge in [-0.3, -0.25) is 5.10 Å². The van der Waals surface area contributed by atoms with Crippen LogP contribution in [0.5, 0.6) is 0 Å². The molecule has 1 aromatic carbocycles. The molecule has 0 bridgehead atoms. The van der Waals surface area contributed by atoms with Crippen LogP contribution in [-0.2, 0) is 12.8 Å². The highest BCUT2D eigenvalue weighted by Gasteiger charge is 2.09. The predicted octanol–water partition coefficient (Wildman–Crippen LogP) is 1.95. The van der Waals surface area contributed by atoms with Crippen molar-refractivity contribution in [3.8, 4) is 0 Å². The van der Waals surface area contributed by atoms with Crippen LogP contribution in [0.15, 0.2) is 34.5 Å². The van der Waals surface area contributed by atoms with Gasteiger partial charge < -0.3 is 0 Å². The van der Waals surface area contributed by atoms with Crippen LogP contribution in [0.2, 0.25) is 0 Å². The lowest BCUT2D eigenvalue weighted by Crippen LogP contribution is -1.99. The van der Waals surface area contributed by atoms with E-state index in [-0.39, 0.29) is 0 Å². The minimum atomic E-state index is 0.444. The third-order valence-corrected chi connectivity index (χ3v) is 4.30. The second kappa shape index (κ2) is 6.84. The number of nitrogens with zero attached hydrogens (tertiary/aromatic N) is 7. The number of thioether (sulfide) groups is 1. The van der Waals surface area contributed by atoms with Crippen LogP contribution in [0.1, 0.15) is 17.0 Å². The number of benzene rings is 1. The highest BCUT2D eigenvalue weighted by molar-refractivity contribution is 7.98. The van der Waals surface area contributed by atoms with Gasteiger partial charge in [0.1, 0.15) is 0 Å². The Kier molecular flexibility index (Phi) is 4.63. The molecule has 1 N–H and O–H groups in total. The molecule has 0 saturated heterocycles. The zero-order valence-electron chi connectivity index (χ0n) is 12.5. The smallest absolute Gasteiger partial charge is 0.216 e. The summed E-state index contributed by atoms with van der Waals surface area (Å²) in [6, 6.07) is 8.08. The van der Waals surface area contributed by atoms with Crippen molar-refractivity contribution < 1.29 is 0 Å². The molecule has 0 atom stereocenters. The number of aromatic nitrogens is 7. The second-order valence-electron chi connectivity index (χ2n) is 4.79. The number of H-pyrrole nitrogens is 1. The molecular weight excluding hydrogens is 332 g/mol. The van der Waals surface area contributed by atoms with Gasteiger partial charge >= 0.3 is 0 Å². The summed E-state index contributed by atoms with van der Waals surface area (Å²) in [7, 11) is 1.79. The number of rotatable bonds is 5. The van der Waals surface area contributed by atoms with Gasteiger partial charge in [0.15, 0.2) is 5.82 Å². The molecule has 0 fully saturated rings. The lowest BCUT2D eigenvalue weighted by molar-refractivity contribution is 0.664. The predicted molar refractivity (Wildman–Crippen MR) is 89.9 cm³/mol. The van der Waals surface area contributed by atoms with Crippen LogP contribution < -0.4 is 0 Å². The first kappa shape index (κ1) is 15.6. The topological polar surface area (TPSA) is 89.6 Å². The molecule has 118 valence electrons. The van der Waals surface area contributed by atoms with E-state index < -0.39 is 0 Å².